The summed E-state index contributed by atoms with van der Waals surface area (Å²) < 4.78 is 10.4. The average Bonchev–Trinajstić information content (AvgIpc) is 2.69. The molecule has 1 saturated heterocycles. The lowest BCUT2D eigenvalue weighted by atomic mass is 9.95. The van der Waals surface area contributed by atoms with Crippen molar-refractivity contribution < 1.29 is 19.1 Å². The van der Waals surface area contributed by atoms with Crippen LogP contribution in [0, 0.1) is 0 Å². The molecule has 1 N–H and O–H groups in total. The van der Waals surface area contributed by atoms with Crippen molar-refractivity contribution in [3.63, 3.8) is 0 Å². The molecule has 2 aromatic rings. The van der Waals surface area contributed by atoms with Crippen molar-refractivity contribution >= 4 is 58.2 Å². The fourth-order valence-corrected chi connectivity index (χ4v) is 3.46. The molecule has 0 spiro atoms. The zero-order chi connectivity index (χ0) is 20.4. The molecule has 2 amide bonds. The van der Waals surface area contributed by atoms with Gasteiger partial charge in [-0.05, 0) is 23.8 Å². The number of hydrogen-bond donors (Lipinski definition) is 1. The number of halogens is 4. The first-order chi connectivity index (χ1) is 13.3. The highest BCUT2D eigenvalue weighted by atomic mass is 35.5. The molecule has 0 aliphatic carbocycles. The van der Waals surface area contributed by atoms with Crippen LogP contribution in [0.15, 0.2) is 30.3 Å². The van der Waals surface area contributed by atoms with Gasteiger partial charge in [0.15, 0.2) is 11.8 Å². The number of rotatable bonds is 6. The van der Waals surface area contributed by atoms with Crippen molar-refractivity contribution in [2.45, 2.75) is 11.4 Å². The van der Waals surface area contributed by atoms with E-state index < -0.39 is 29.8 Å². The van der Waals surface area contributed by atoms with Gasteiger partial charge in [0, 0.05) is 0 Å². The lowest BCUT2D eigenvalue weighted by Gasteiger charge is -2.43. The molecule has 2 unspecified atom stereocenters. The second kappa shape index (κ2) is 8.61. The fourth-order valence-electron chi connectivity index (χ4n) is 2.55. The van der Waals surface area contributed by atoms with E-state index in [2.05, 4.69) is 10.4 Å². The molecule has 148 valence electrons. The van der Waals surface area contributed by atoms with E-state index in [9.17, 15) is 9.59 Å². The van der Waals surface area contributed by atoms with Crippen LogP contribution < -0.4 is 14.9 Å². The van der Waals surface area contributed by atoms with Crippen LogP contribution >= 0.6 is 46.4 Å². The third-order valence-corrected chi connectivity index (χ3v) is 5.27. The number of hydrazine groups is 1. The molecule has 1 aromatic heterocycles. The minimum absolute atomic E-state index is 0.0116. The summed E-state index contributed by atoms with van der Waals surface area (Å²) in [6.45, 7) is -0.452. The number of alkyl halides is 1. The molecule has 2 heterocycles. The molecule has 7 nitrogen and oxygen atoms in total. The Balaban J connectivity index is 1.65. The zero-order valence-electron chi connectivity index (χ0n) is 14.3. The Morgan fingerprint density at radius 3 is 2.71 bits per heavy atom. The molecule has 0 radical (unpaired) electrons. The molecule has 3 rings (SSSR count). The van der Waals surface area contributed by atoms with Crippen LogP contribution in [0.2, 0.25) is 15.2 Å². The first-order valence-corrected chi connectivity index (χ1v) is 9.43. The summed E-state index contributed by atoms with van der Waals surface area (Å²) in [6, 6.07) is 7.85. The van der Waals surface area contributed by atoms with Gasteiger partial charge in [-0.15, -0.1) is 11.6 Å². The lowest BCUT2D eigenvalue weighted by molar-refractivity contribution is -0.157. The van der Waals surface area contributed by atoms with Crippen LogP contribution in [-0.2, 0) is 9.59 Å². The number of β-lactam (4-membered cyclic amide) rings is 1. The molecule has 11 heteroatoms. The molecule has 1 aliphatic heterocycles. The number of pyridine rings is 1. The summed E-state index contributed by atoms with van der Waals surface area (Å²) in [5, 5.41) is 0.574. The van der Waals surface area contributed by atoms with E-state index in [4.69, 9.17) is 55.9 Å². The molecule has 1 fully saturated rings. The van der Waals surface area contributed by atoms with Crippen LogP contribution in [-0.4, -0.2) is 40.9 Å². The number of nitrogens with zero attached hydrogens (tertiary/aromatic N) is 2. The van der Waals surface area contributed by atoms with Gasteiger partial charge >= 0.3 is 0 Å². The summed E-state index contributed by atoms with van der Waals surface area (Å²) in [7, 11) is 1.53. The largest absolute Gasteiger partial charge is 0.497 e. The summed E-state index contributed by atoms with van der Waals surface area (Å²) in [6.07, 6.45) is 0. The van der Waals surface area contributed by atoms with Crippen molar-refractivity contribution in [2.75, 3.05) is 13.7 Å². The SMILES string of the molecule is COc1cccc(C2C(Cl)C(=O)N2NC(=O)COc2nc(Cl)c(Cl)cc2Cl)c1. The molecule has 0 bridgehead atoms. The zero-order valence-corrected chi connectivity index (χ0v) is 17.3. The van der Waals surface area contributed by atoms with Crippen LogP contribution in [0.3, 0.4) is 0 Å². The second-order valence-electron chi connectivity index (χ2n) is 5.70. The van der Waals surface area contributed by atoms with E-state index in [-0.39, 0.29) is 21.1 Å². The van der Waals surface area contributed by atoms with Crippen molar-refractivity contribution in [1.82, 2.24) is 15.4 Å². The summed E-state index contributed by atoms with van der Waals surface area (Å²) in [5.74, 6) is -0.487. The van der Waals surface area contributed by atoms with E-state index in [1.54, 1.807) is 24.3 Å². The molecule has 1 aliphatic rings. The second-order valence-corrected chi connectivity index (χ2v) is 7.35. The van der Waals surface area contributed by atoms with Gasteiger partial charge in [0.25, 0.3) is 11.8 Å². The van der Waals surface area contributed by atoms with Crippen LogP contribution in [0.5, 0.6) is 11.6 Å². The van der Waals surface area contributed by atoms with Gasteiger partial charge in [0.05, 0.1) is 12.1 Å². The number of ether oxygens (including phenoxy) is 2. The fraction of sp³-hybridized carbons (Fsp3) is 0.235. The normalized spacial score (nSPS) is 18.5. The number of hydrogen-bond acceptors (Lipinski definition) is 5. The van der Waals surface area contributed by atoms with E-state index in [1.165, 1.54) is 13.2 Å². The summed E-state index contributed by atoms with van der Waals surface area (Å²) in [4.78, 5) is 28.1. The Labute approximate surface area is 180 Å². The number of carbonyl (C=O) groups excluding carboxylic acids is 2. The maximum absolute atomic E-state index is 12.2. The topological polar surface area (TPSA) is 80.8 Å². The molecule has 28 heavy (non-hydrogen) atoms. The third-order valence-electron chi connectivity index (χ3n) is 3.90. The smallest absolute Gasteiger partial charge is 0.276 e. The lowest BCUT2D eigenvalue weighted by Crippen LogP contribution is -2.63. The monoisotopic (exact) mass is 463 g/mol. The highest BCUT2D eigenvalue weighted by Crippen LogP contribution is 2.38. The Hall–Kier alpha value is -1.93. The predicted molar refractivity (Wildman–Crippen MR) is 105 cm³/mol. The molecule has 1 aromatic carbocycles. The molecular weight excluding hydrogens is 452 g/mol. The summed E-state index contributed by atoms with van der Waals surface area (Å²) >= 11 is 23.7. The number of amides is 2. The van der Waals surface area contributed by atoms with Gasteiger partial charge in [0.2, 0.25) is 5.88 Å². The van der Waals surface area contributed by atoms with E-state index in [1.807, 2.05) is 0 Å². The Bertz CT molecular complexity index is 927. The number of methoxy groups -OCH3 is 1. The van der Waals surface area contributed by atoms with Crippen molar-refractivity contribution in [3.8, 4) is 11.6 Å². The first kappa shape index (κ1) is 20.8. The standard InChI is InChI=1S/C17H13Cl4N3O4/c1-27-9-4-2-3-8(5-9)14-13(20)17(26)24(14)23-12(25)7-28-16-11(19)6-10(18)15(21)22-16/h2-6,13-14H,7H2,1H3,(H,23,25). The minimum Gasteiger partial charge on any atom is -0.497 e. The Kier molecular flexibility index (Phi) is 6.40. The number of carbonyl (C=O) groups is 2. The van der Waals surface area contributed by atoms with Gasteiger partial charge in [-0.1, -0.05) is 46.9 Å². The molecule has 2 atom stereocenters. The van der Waals surface area contributed by atoms with Crippen molar-refractivity contribution in [1.29, 1.82) is 0 Å². The number of aromatic nitrogens is 1. The predicted octanol–water partition coefficient (Wildman–Crippen LogP) is 3.65. The van der Waals surface area contributed by atoms with Gasteiger partial charge < -0.3 is 9.47 Å². The minimum atomic E-state index is -0.806. The van der Waals surface area contributed by atoms with Crippen molar-refractivity contribution in [2.24, 2.45) is 0 Å². The maximum Gasteiger partial charge on any atom is 0.276 e. The highest BCUT2D eigenvalue weighted by molar-refractivity contribution is 6.42. The van der Waals surface area contributed by atoms with Gasteiger partial charge in [-0.25, -0.2) is 5.01 Å². The van der Waals surface area contributed by atoms with Crippen molar-refractivity contribution in [3.05, 3.63) is 51.1 Å². The highest BCUT2D eigenvalue weighted by Gasteiger charge is 2.48. The average molecular weight is 465 g/mol. The van der Waals surface area contributed by atoms with E-state index in [0.29, 0.717) is 5.75 Å². The molecular formula is C17H13Cl4N3O4. The van der Waals surface area contributed by atoms with Crippen LogP contribution in [0.1, 0.15) is 11.6 Å². The van der Waals surface area contributed by atoms with Gasteiger partial charge in [-0.2, -0.15) is 4.98 Å². The number of benzene rings is 1. The van der Waals surface area contributed by atoms with E-state index in [0.717, 1.165) is 10.6 Å². The molecule has 0 saturated carbocycles. The van der Waals surface area contributed by atoms with Crippen LogP contribution in [0.4, 0.5) is 0 Å². The quantitative estimate of drug-likeness (QED) is 0.401. The number of nitrogens with one attached hydrogen (secondary N) is 1. The Morgan fingerprint density at radius 2 is 2.00 bits per heavy atom. The maximum atomic E-state index is 12.2. The van der Waals surface area contributed by atoms with Crippen LogP contribution in [0.25, 0.3) is 0 Å². The summed E-state index contributed by atoms with van der Waals surface area (Å²) in [5.41, 5.74) is 3.18. The third kappa shape index (κ3) is 4.22. The van der Waals surface area contributed by atoms with Gasteiger partial charge in [-0.3, -0.25) is 15.0 Å². The van der Waals surface area contributed by atoms with Gasteiger partial charge in [0.1, 0.15) is 22.2 Å². The van der Waals surface area contributed by atoms with E-state index >= 15 is 0 Å². The first-order valence-electron chi connectivity index (χ1n) is 7.86. The Morgan fingerprint density at radius 1 is 1.25 bits per heavy atom.